The Bertz CT molecular complexity index is 1080. The number of nitrogens with one attached hydrogen (secondary N) is 3. The molecule has 0 unspecified atom stereocenters. The van der Waals surface area contributed by atoms with E-state index in [2.05, 4.69) is 20.9 Å². The van der Waals surface area contributed by atoms with Crippen LogP contribution in [0, 0.1) is 17.6 Å². The lowest BCUT2D eigenvalue weighted by molar-refractivity contribution is -0.130. The summed E-state index contributed by atoms with van der Waals surface area (Å²) in [5.41, 5.74) is 0.394. The summed E-state index contributed by atoms with van der Waals surface area (Å²) in [5.74, 6) is -2.61. The fourth-order valence-electron chi connectivity index (χ4n) is 3.49. The number of pyridine rings is 1. The number of halogens is 2. The van der Waals surface area contributed by atoms with Gasteiger partial charge < -0.3 is 15.4 Å². The number of likely N-dealkylation sites (N-methyl/N-ethyl adjacent to an activating group) is 1. The highest BCUT2D eigenvalue weighted by Crippen LogP contribution is 2.32. The van der Waals surface area contributed by atoms with Crippen LogP contribution in [0.1, 0.15) is 26.3 Å². The van der Waals surface area contributed by atoms with Crippen molar-refractivity contribution in [2.75, 3.05) is 17.3 Å². The van der Waals surface area contributed by atoms with E-state index in [1.165, 1.54) is 11.1 Å². The summed E-state index contributed by atoms with van der Waals surface area (Å²) in [6, 6.07) is 4.67. The highest BCUT2D eigenvalue weighted by Gasteiger charge is 2.41. The topological polar surface area (TPSA) is 113 Å². The zero-order valence-electron chi connectivity index (χ0n) is 19.3. The molecular weight excluding hydrogens is 448 g/mol. The number of ether oxygens (including phenoxy) is 1. The zero-order chi connectivity index (χ0) is 25.0. The van der Waals surface area contributed by atoms with Crippen LogP contribution in [0.4, 0.5) is 25.1 Å². The molecule has 1 aromatic carbocycles. The van der Waals surface area contributed by atoms with Crippen molar-refractivity contribution < 1.29 is 27.9 Å². The number of aromatic nitrogens is 1. The fourth-order valence-corrected chi connectivity index (χ4v) is 3.49. The van der Waals surface area contributed by atoms with Crippen LogP contribution in [0.3, 0.4) is 0 Å². The Morgan fingerprint density at radius 3 is 2.56 bits per heavy atom. The van der Waals surface area contributed by atoms with Gasteiger partial charge in [0.15, 0.2) is 6.23 Å². The monoisotopic (exact) mass is 475 g/mol. The Balaban J connectivity index is 1.83. The predicted molar refractivity (Wildman–Crippen MR) is 121 cm³/mol. The summed E-state index contributed by atoms with van der Waals surface area (Å²) < 4.78 is 32.5. The Hall–Kier alpha value is -3.60. The number of rotatable bonds is 7. The number of hydrogen-bond donors (Lipinski definition) is 3. The van der Waals surface area contributed by atoms with Gasteiger partial charge in [0.2, 0.25) is 5.91 Å². The number of fused-ring (bicyclic) bond motifs is 1. The zero-order valence-corrected chi connectivity index (χ0v) is 19.3. The molecule has 1 aromatic heterocycles. The average molecular weight is 475 g/mol. The van der Waals surface area contributed by atoms with E-state index in [-0.39, 0.29) is 23.9 Å². The molecule has 0 aliphatic carbocycles. The molecule has 3 N–H and O–H groups in total. The molecule has 0 fully saturated rings. The van der Waals surface area contributed by atoms with Gasteiger partial charge in [-0.05, 0) is 38.1 Å². The van der Waals surface area contributed by atoms with Crippen LogP contribution in [-0.2, 0) is 20.7 Å². The molecule has 3 atom stereocenters. The first-order valence-corrected chi connectivity index (χ1v) is 10.8. The van der Waals surface area contributed by atoms with Crippen LogP contribution in [-0.4, -0.2) is 48.3 Å². The number of hydrogen-bond acceptors (Lipinski definition) is 6. The third-order valence-corrected chi connectivity index (χ3v) is 5.48. The Morgan fingerprint density at radius 1 is 1.18 bits per heavy atom. The van der Waals surface area contributed by atoms with E-state index in [0.717, 1.165) is 12.1 Å². The fraction of sp³-hybridized carbons (Fsp3) is 0.391. The summed E-state index contributed by atoms with van der Waals surface area (Å²) in [5, 5.41) is 7.78. The van der Waals surface area contributed by atoms with Crippen molar-refractivity contribution in [2.24, 2.45) is 5.92 Å². The van der Waals surface area contributed by atoms with E-state index in [0.29, 0.717) is 17.4 Å². The van der Waals surface area contributed by atoms with Gasteiger partial charge in [-0.2, -0.15) is 0 Å². The third kappa shape index (κ3) is 5.48. The second kappa shape index (κ2) is 10.6. The molecule has 0 spiro atoms. The van der Waals surface area contributed by atoms with E-state index in [1.807, 2.05) is 0 Å². The molecule has 182 valence electrons. The largest absolute Gasteiger partial charge is 0.424 e. The van der Waals surface area contributed by atoms with Gasteiger partial charge in [0, 0.05) is 24.2 Å². The lowest BCUT2D eigenvalue weighted by Gasteiger charge is -2.31. The van der Waals surface area contributed by atoms with Crippen LogP contribution in [0.5, 0.6) is 0 Å². The minimum Gasteiger partial charge on any atom is -0.424 e. The number of benzene rings is 1. The summed E-state index contributed by atoms with van der Waals surface area (Å²) in [6.45, 7) is 5.22. The van der Waals surface area contributed by atoms with Crippen molar-refractivity contribution in [1.82, 2.24) is 15.6 Å². The van der Waals surface area contributed by atoms with E-state index in [9.17, 15) is 23.2 Å². The van der Waals surface area contributed by atoms with E-state index in [1.54, 1.807) is 40.0 Å². The molecule has 34 heavy (non-hydrogen) atoms. The van der Waals surface area contributed by atoms with Gasteiger partial charge in [0.1, 0.15) is 23.5 Å². The SMILES string of the molecule is CN[C@@H](C)C(=O)N[C@H](C(=O)N1c2ncccc2C[C@@H]1OC(=O)Nc1ccc(F)cc1F)C(C)C. The predicted octanol–water partition coefficient (Wildman–Crippen LogP) is 2.57. The molecule has 1 aliphatic rings. The number of carbonyl (C=O) groups excluding carboxylic acids is 3. The maximum Gasteiger partial charge on any atom is 0.413 e. The quantitative estimate of drug-likeness (QED) is 0.568. The maximum absolute atomic E-state index is 13.9. The van der Waals surface area contributed by atoms with Crippen LogP contribution in [0.25, 0.3) is 0 Å². The lowest BCUT2D eigenvalue weighted by atomic mass is 10.0. The van der Waals surface area contributed by atoms with Crippen molar-refractivity contribution in [3.8, 4) is 0 Å². The van der Waals surface area contributed by atoms with Gasteiger partial charge >= 0.3 is 6.09 Å². The van der Waals surface area contributed by atoms with Crippen LogP contribution >= 0.6 is 0 Å². The summed E-state index contributed by atoms with van der Waals surface area (Å²) in [6.07, 6.45) is -0.461. The van der Waals surface area contributed by atoms with Crippen molar-refractivity contribution in [1.29, 1.82) is 0 Å². The standard InChI is InChI=1S/C23H27F2N5O4/c1-12(2)19(29-21(31)13(3)26-4)22(32)30-18(10-14-6-5-9-27-20(14)30)34-23(33)28-17-8-7-15(24)11-16(17)25/h5-9,11-13,18-19,26H,10H2,1-4H3,(H,28,33)(H,29,31)/t13-,18-,19-/m0/s1. The van der Waals surface area contributed by atoms with Gasteiger partial charge in [-0.1, -0.05) is 19.9 Å². The van der Waals surface area contributed by atoms with E-state index in [4.69, 9.17) is 4.74 Å². The van der Waals surface area contributed by atoms with Crippen LogP contribution in [0.2, 0.25) is 0 Å². The average Bonchev–Trinajstić information content (AvgIpc) is 3.15. The highest BCUT2D eigenvalue weighted by molar-refractivity contribution is 6.01. The molecule has 3 amide bonds. The lowest BCUT2D eigenvalue weighted by Crippen LogP contribution is -2.56. The minimum atomic E-state index is -1.08. The summed E-state index contributed by atoms with van der Waals surface area (Å²) in [7, 11) is 1.63. The van der Waals surface area contributed by atoms with Gasteiger partial charge in [-0.25, -0.2) is 18.6 Å². The van der Waals surface area contributed by atoms with Gasteiger partial charge in [0.25, 0.3) is 5.91 Å². The molecule has 2 heterocycles. The molecule has 9 nitrogen and oxygen atoms in total. The molecule has 2 aromatic rings. The molecule has 0 saturated carbocycles. The second-order valence-corrected chi connectivity index (χ2v) is 8.25. The Kier molecular flexibility index (Phi) is 7.77. The van der Waals surface area contributed by atoms with Crippen LogP contribution in [0.15, 0.2) is 36.5 Å². The molecule has 3 rings (SSSR count). The van der Waals surface area contributed by atoms with Gasteiger partial charge in [0.05, 0.1) is 11.7 Å². The number of nitrogens with zero attached hydrogens (tertiary/aromatic N) is 2. The minimum absolute atomic E-state index is 0.153. The van der Waals surface area contributed by atoms with Crippen molar-refractivity contribution in [2.45, 2.75) is 45.5 Å². The second-order valence-electron chi connectivity index (χ2n) is 8.25. The first-order valence-electron chi connectivity index (χ1n) is 10.8. The van der Waals surface area contributed by atoms with E-state index >= 15 is 0 Å². The molecule has 0 bridgehead atoms. The summed E-state index contributed by atoms with van der Waals surface area (Å²) in [4.78, 5) is 44.0. The molecule has 0 saturated heterocycles. The summed E-state index contributed by atoms with van der Waals surface area (Å²) >= 11 is 0. The van der Waals surface area contributed by atoms with Gasteiger partial charge in [-0.15, -0.1) is 0 Å². The van der Waals surface area contributed by atoms with Crippen molar-refractivity contribution in [3.05, 3.63) is 53.7 Å². The molecule has 11 heteroatoms. The molecule has 0 radical (unpaired) electrons. The first kappa shape index (κ1) is 25.0. The number of anilines is 2. The normalized spacial score (nSPS) is 16.6. The van der Waals surface area contributed by atoms with Gasteiger partial charge in [-0.3, -0.25) is 19.8 Å². The van der Waals surface area contributed by atoms with Crippen molar-refractivity contribution >= 4 is 29.4 Å². The first-order chi connectivity index (χ1) is 16.1. The van der Waals surface area contributed by atoms with Crippen LogP contribution < -0.4 is 20.9 Å². The third-order valence-electron chi connectivity index (χ3n) is 5.48. The molecule has 1 aliphatic heterocycles. The molecular formula is C23H27F2N5O4. The highest BCUT2D eigenvalue weighted by atomic mass is 19.1. The number of amides is 3. The Labute approximate surface area is 195 Å². The maximum atomic E-state index is 13.9. The number of carbonyl (C=O) groups is 3. The Morgan fingerprint density at radius 2 is 1.91 bits per heavy atom. The smallest absolute Gasteiger partial charge is 0.413 e. The van der Waals surface area contributed by atoms with E-state index < -0.39 is 41.9 Å². The van der Waals surface area contributed by atoms with Crippen molar-refractivity contribution in [3.63, 3.8) is 0 Å².